The summed E-state index contributed by atoms with van der Waals surface area (Å²) in [6.07, 6.45) is 2.03. The van der Waals surface area contributed by atoms with Crippen LogP contribution < -0.4 is 5.32 Å². The van der Waals surface area contributed by atoms with Crippen LogP contribution in [0.25, 0.3) is 0 Å². The molecule has 4 heteroatoms. The van der Waals surface area contributed by atoms with Crippen LogP contribution in [0.1, 0.15) is 18.5 Å². The molecule has 0 spiro atoms. The molecule has 0 amide bonds. The molecule has 2 aromatic carbocycles. The Hall–Kier alpha value is -1.81. The van der Waals surface area contributed by atoms with Crippen LogP contribution in [0.2, 0.25) is 0 Å². The molecule has 0 saturated heterocycles. The van der Waals surface area contributed by atoms with Crippen molar-refractivity contribution in [3.05, 3.63) is 48.0 Å². The third kappa shape index (κ3) is 3.15. The van der Waals surface area contributed by atoms with Crippen molar-refractivity contribution in [2.24, 2.45) is 0 Å². The molecule has 0 radical (unpaired) electrons. The Morgan fingerprint density at radius 3 is 2.11 bits per heavy atom. The average molecular weight is 275 g/mol. The first-order valence-corrected chi connectivity index (χ1v) is 7.25. The van der Waals surface area contributed by atoms with Gasteiger partial charge < -0.3 is 15.5 Å². The Morgan fingerprint density at radius 1 is 1.00 bits per heavy atom. The maximum atomic E-state index is 9.82. The number of rotatable bonds is 4. The minimum absolute atomic E-state index is 0.0979. The van der Waals surface area contributed by atoms with Crippen LogP contribution in [-0.4, -0.2) is 16.5 Å². The van der Waals surface area contributed by atoms with Crippen LogP contribution in [-0.2, 0) is 0 Å². The molecule has 3 N–H and O–H groups in total. The van der Waals surface area contributed by atoms with Crippen LogP contribution in [0.5, 0.6) is 11.5 Å². The van der Waals surface area contributed by atoms with Crippen molar-refractivity contribution in [1.82, 2.24) is 0 Å². The molecule has 0 aliphatic carbocycles. The predicted molar refractivity (Wildman–Crippen MR) is 80.0 cm³/mol. The third-order valence-electron chi connectivity index (χ3n) is 2.97. The van der Waals surface area contributed by atoms with Crippen molar-refractivity contribution in [1.29, 1.82) is 0 Å². The van der Waals surface area contributed by atoms with Gasteiger partial charge in [0.1, 0.15) is 11.5 Å². The van der Waals surface area contributed by atoms with Gasteiger partial charge in [-0.25, -0.2) is 0 Å². The Morgan fingerprint density at radius 2 is 1.58 bits per heavy atom. The normalized spacial score (nSPS) is 12.1. The van der Waals surface area contributed by atoms with Crippen LogP contribution in [0.15, 0.2) is 47.4 Å². The fourth-order valence-corrected chi connectivity index (χ4v) is 2.40. The second kappa shape index (κ2) is 5.89. The molecule has 2 rings (SSSR count). The van der Waals surface area contributed by atoms with Gasteiger partial charge in [0.25, 0.3) is 0 Å². The second-order valence-corrected chi connectivity index (χ2v) is 5.18. The molecule has 0 aliphatic heterocycles. The van der Waals surface area contributed by atoms with E-state index in [4.69, 9.17) is 0 Å². The number of phenols is 2. The second-order valence-electron chi connectivity index (χ2n) is 4.30. The number of benzene rings is 2. The Balaban J connectivity index is 2.18. The number of nitrogens with one attached hydrogen (secondary N) is 1. The van der Waals surface area contributed by atoms with Crippen molar-refractivity contribution in [3.63, 3.8) is 0 Å². The fourth-order valence-electron chi connectivity index (χ4n) is 1.99. The Bertz CT molecular complexity index is 534. The summed E-state index contributed by atoms with van der Waals surface area (Å²) in [5, 5.41) is 22.9. The van der Waals surface area contributed by atoms with E-state index in [-0.39, 0.29) is 17.5 Å². The molecule has 2 aromatic rings. The number of anilines is 1. The van der Waals surface area contributed by atoms with Gasteiger partial charge in [-0.2, -0.15) is 0 Å². The Kier molecular flexibility index (Phi) is 4.22. The first kappa shape index (κ1) is 13.6. The molecule has 0 fully saturated rings. The SMILES string of the molecule is CSc1ccc(NC(C)c2c(O)cccc2O)cc1. The first-order chi connectivity index (χ1) is 9.11. The van der Waals surface area contributed by atoms with E-state index in [2.05, 4.69) is 5.32 Å². The zero-order valence-electron chi connectivity index (χ0n) is 10.9. The van der Waals surface area contributed by atoms with Gasteiger partial charge in [-0.05, 0) is 49.6 Å². The van der Waals surface area contributed by atoms with E-state index in [1.165, 1.54) is 4.90 Å². The number of hydrogen-bond donors (Lipinski definition) is 3. The third-order valence-corrected chi connectivity index (χ3v) is 3.71. The zero-order valence-corrected chi connectivity index (χ0v) is 11.7. The quantitative estimate of drug-likeness (QED) is 0.738. The molecule has 100 valence electrons. The van der Waals surface area contributed by atoms with Gasteiger partial charge in [-0.3, -0.25) is 0 Å². The summed E-state index contributed by atoms with van der Waals surface area (Å²) in [4.78, 5) is 1.20. The lowest BCUT2D eigenvalue weighted by atomic mass is 10.1. The average Bonchev–Trinajstić information content (AvgIpc) is 2.39. The molecule has 3 nitrogen and oxygen atoms in total. The van der Waals surface area contributed by atoms with E-state index >= 15 is 0 Å². The van der Waals surface area contributed by atoms with Crippen molar-refractivity contribution < 1.29 is 10.2 Å². The van der Waals surface area contributed by atoms with Crippen LogP contribution >= 0.6 is 11.8 Å². The molecule has 0 saturated carbocycles. The molecular weight excluding hydrogens is 258 g/mol. The number of hydrogen-bond acceptors (Lipinski definition) is 4. The summed E-state index contributed by atoms with van der Waals surface area (Å²) in [5.74, 6) is 0.196. The van der Waals surface area contributed by atoms with Gasteiger partial charge in [0.15, 0.2) is 0 Å². The number of thioether (sulfide) groups is 1. The number of phenolic OH excluding ortho intramolecular Hbond substituents is 2. The smallest absolute Gasteiger partial charge is 0.124 e. The lowest BCUT2D eigenvalue weighted by Crippen LogP contribution is -2.07. The minimum atomic E-state index is -0.179. The summed E-state index contributed by atoms with van der Waals surface area (Å²) >= 11 is 1.69. The van der Waals surface area contributed by atoms with Crippen molar-refractivity contribution in [3.8, 4) is 11.5 Å². The maximum absolute atomic E-state index is 9.82. The van der Waals surface area contributed by atoms with E-state index in [0.717, 1.165) is 5.69 Å². The van der Waals surface area contributed by atoms with E-state index < -0.39 is 0 Å². The highest BCUT2D eigenvalue weighted by Gasteiger charge is 2.14. The number of aromatic hydroxyl groups is 2. The molecule has 1 unspecified atom stereocenters. The fraction of sp³-hybridized carbons (Fsp3) is 0.200. The zero-order chi connectivity index (χ0) is 13.8. The highest BCUT2D eigenvalue weighted by Crippen LogP contribution is 2.34. The van der Waals surface area contributed by atoms with Gasteiger partial charge in [0.05, 0.1) is 11.6 Å². The molecule has 0 heterocycles. The highest BCUT2D eigenvalue weighted by atomic mass is 32.2. The van der Waals surface area contributed by atoms with E-state index in [0.29, 0.717) is 5.56 Å². The van der Waals surface area contributed by atoms with Crippen molar-refractivity contribution >= 4 is 17.4 Å². The molecule has 0 aliphatic rings. The molecule has 0 bridgehead atoms. The van der Waals surface area contributed by atoms with Crippen molar-refractivity contribution in [2.75, 3.05) is 11.6 Å². The summed E-state index contributed by atoms with van der Waals surface area (Å²) in [6.45, 7) is 1.90. The minimum Gasteiger partial charge on any atom is -0.507 e. The van der Waals surface area contributed by atoms with Crippen LogP contribution in [0.4, 0.5) is 5.69 Å². The molecule has 1 atom stereocenters. The van der Waals surface area contributed by atoms with Gasteiger partial charge in [-0.1, -0.05) is 6.07 Å². The highest BCUT2D eigenvalue weighted by molar-refractivity contribution is 7.98. The van der Waals surface area contributed by atoms with Crippen LogP contribution in [0.3, 0.4) is 0 Å². The monoisotopic (exact) mass is 275 g/mol. The lowest BCUT2D eigenvalue weighted by Gasteiger charge is -2.18. The van der Waals surface area contributed by atoms with Crippen molar-refractivity contribution in [2.45, 2.75) is 17.9 Å². The van der Waals surface area contributed by atoms with Gasteiger partial charge >= 0.3 is 0 Å². The first-order valence-electron chi connectivity index (χ1n) is 6.03. The van der Waals surface area contributed by atoms with Crippen LogP contribution in [0, 0.1) is 0 Å². The molecule has 0 aromatic heterocycles. The van der Waals surface area contributed by atoms with E-state index in [1.54, 1.807) is 30.0 Å². The lowest BCUT2D eigenvalue weighted by molar-refractivity contribution is 0.434. The van der Waals surface area contributed by atoms with Gasteiger partial charge in [0, 0.05) is 10.6 Å². The summed E-state index contributed by atoms with van der Waals surface area (Å²) in [7, 11) is 0. The largest absolute Gasteiger partial charge is 0.507 e. The standard InChI is InChI=1S/C15H17NO2S/c1-10(15-13(17)4-3-5-14(15)18)16-11-6-8-12(19-2)9-7-11/h3-10,16-18H,1-2H3. The van der Waals surface area contributed by atoms with Gasteiger partial charge in [-0.15, -0.1) is 11.8 Å². The topological polar surface area (TPSA) is 52.5 Å². The predicted octanol–water partition coefficient (Wildman–Crippen LogP) is 3.99. The van der Waals surface area contributed by atoms with Gasteiger partial charge in [0.2, 0.25) is 0 Å². The Labute approximate surface area is 117 Å². The molecule has 19 heavy (non-hydrogen) atoms. The van der Waals surface area contributed by atoms with E-state index in [9.17, 15) is 10.2 Å². The summed E-state index contributed by atoms with van der Waals surface area (Å²) in [5.41, 5.74) is 1.46. The summed E-state index contributed by atoms with van der Waals surface area (Å²) in [6, 6.07) is 12.6. The molecular formula is C15H17NO2S. The van der Waals surface area contributed by atoms with E-state index in [1.807, 2.05) is 37.4 Å². The maximum Gasteiger partial charge on any atom is 0.124 e. The summed E-state index contributed by atoms with van der Waals surface area (Å²) < 4.78 is 0.